The van der Waals surface area contributed by atoms with Gasteiger partial charge in [0.25, 0.3) is 5.88 Å². The fraction of sp³-hybridized carbons (Fsp3) is 0.625. The molecule has 1 N–H and O–H groups in total. The lowest BCUT2D eigenvalue weighted by molar-refractivity contribution is -0.126. The largest absolute Gasteiger partial charge is 0.472 e. The second-order valence-electron chi connectivity index (χ2n) is 5.98. The van der Waals surface area contributed by atoms with E-state index in [1.807, 2.05) is 6.07 Å². The molecule has 2 aliphatic rings. The van der Waals surface area contributed by atoms with E-state index in [0.717, 1.165) is 32.1 Å². The standard InChI is InChI=1S/C16H20N4O3/c17-9-14-16(19-7-6-18-14)23-13-3-1-12(2-4-13)20-15(21)11-5-8-22-10-11/h6-7,11-13H,1-5,8,10H2,(H,20,21). The molecule has 1 aromatic heterocycles. The van der Waals surface area contributed by atoms with Crippen LogP contribution in [0, 0.1) is 17.2 Å². The molecular weight excluding hydrogens is 296 g/mol. The van der Waals surface area contributed by atoms with E-state index < -0.39 is 0 Å². The molecule has 2 fully saturated rings. The Hall–Kier alpha value is -2.20. The van der Waals surface area contributed by atoms with E-state index in [0.29, 0.717) is 19.1 Å². The molecule has 2 heterocycles. The molecule has 122 valence electrons. The van der Waals surface area contributed by atoms with E-state index in [9.17, 15) is 4.79 Å². The van der Waals surface area contributed by atoms with Crippen molar-refractivity contribution in [2.24, 2.45) is 5.92 Å². The Balaban J connectivity index is 1.47. The molecule has 7 nitrogen and oxygen atoms in total. The lowest BCUT2D eigenvalue weighted by Crippen LogP contribution is -2.42. The van der Waals surface area contributed by atoms with Crippen molar-refractivity contribution in [3.05, 3.63) is 18.1 Å². The van der Waals surface area contributed by atoms with Gasteiger partial charge in [-0.2, -0.15) is 5.26 Å². The Morgan fingerprint density at radius 2 is 2.04 bits per heavy atom. The van der Waals surface area contributed by atoms with Crippen LogP contribution in [0.2, 0.25) is 0 Å². The maximum absolute atomic E-state index is 12.1. The van der Waals surface area contributed by atoms with E-state index in [1.54, 1.807) is 0 Å². The molecule has 1 aromatic rings. The molecule has 3 rings (SSSR count). The van der Waals surface area contributed by atoms with Gasteiger partial charge in [-0.3, -0.25) is 4.79 Å². The molecule has 1 amide bonds. The number of ether oxygens (including phenoxy) is 2. The minimum absolute atomic E-state index is 0.00162. The average molecular weight is 316 g/mol. The van der Waals surface area contributed by atoms with Gasteiger partial charge >= 0.3 is 0 Å². The van der Waals surface area contributed by atoms with Gasteiger partial charge in [0, 0.05) is 25.0 Å². The third-order valence-electron chi connectivity index (χ3n) is 4.37. The summed E-state index contributed by atoms with van der Waals surface area (Å²) in [4.78, 5) is 20.1. The van der Waals surface area contributed by atoms with Gasteiger partial charge in [0.05, 0.1) is 12.5 Å². The van der Waals surface area contributed by atoms with Crippen molar-refractivity contribution in [1.29, 1.82) is 5.26 Å². The van der Waals surface area contributed by atoms with Gasteiger partial charge in [0.2, 0.25) is 11.6 Å². The van der Waals surface area contributed by atoms with Gasteiger partial charge < -0.3 is 14.8 Å². The number of aromatic nitrogens is 2. The number of carbonyl (C=O) groups is 1. The highest BCUT2D eigenvalue weighted by molar-refractivity contribution is 5.79. The van der Waals surface area contributed by atoms with Gasteiger partial charge in [-0.1, -0.05) is 0 Å². The number of amides is 1. The Labute approximate surface area is 135 Å². The molecule has 1 saturated carbocycles. The highest BCUT2D eigenvalue weighted by Crippen LogP contribution is 2.24. The van der Waals surface area contributed by atoms with Crippen molar-refractivity contribution in [3.63, 3.8) is 0 Å². The Kier molecular flexibility index (Phi) is 5.03. The molecule has 0 radical (unpaired) electrons. The minimum Gasteiger partial charge on any atom is -0.472 e. The van der Waals surface area contributed by atoms with Crippen LogP contribution in [-0.2, 0) is 9.53 Å². The molecule has 1 aliphatic carbocycles. The van der Waals surface area contributed by atoms with Gasteiger partial charge in [-0.05, 0) is 32.1 Å². The molecule has 0 aromatic carbocycles. The lowest BCUT2D eigenvalue weighted by atomic mass is 9.92. The summed E-state index contributed by atoms with van der Waals surface area (Å²) >= 11 is 0. The van der Waals surface area contributed by atoms with Crippen LogP contribution in [0.25, 0.3) is 0 Å². The van der Waals surface area contributed by atoms with Crippen LogP contribution in [0.15, 0.2) is 12.4 Å². The monoisotopic (exact) mass is 316 g/mol. The van der Waals surface area contributed by atoms with E-state index in [4.69, 9.17) is 14.7 Å². The molecule has 7 heteroatoms. The number of nitriles is 1. The molecule has 0 spiro atoms. The van der Waals surface area contributed by atoms with E-state index in [-0.39, 0.29) is 29.7 Å². The highest BCUT2D eigenvalue weighted by Gasteiger charge is 2.28. The molecule has 1 aliphatic heterocycles. The first kappa shape index (κ1) is 15.7. The van der Waals surface area contributed by atoms with Crippen molar-refractivity contribution >= 4 is 5.91 Å². The Bertz CT molecular complexity index is 587. The van der Waals surface area contributed by atoms with E-state index in [2.05, 4.69) is 15.3 Å². The highest BCUT2D eigenvalue weighted by atomic mass is 16.5. The predicted molar refractivity (Wildman–Crippen MR) is 80.5 cm³/mol. The molecule has 23 heavy (non-hydrogen) atoms. The second-order valence-corrected chi connectivity index (χ2v) is 5.98. The van der Waals surface area contributed by atoms with Crippen LogP contribution < -0.4 is 10.1 Å². The third kappa shape index (κ3) is 3.96. The van der Waals surface area contributed by atoms with Gasteiger partial charge in [-0.25, -0.2) is 9.97 Å². The molecule has 1 atom stereocenters. The smallest absolute Gasteiger partial charge is 0.251 e. The quantitative estimate of drug-likeness (QED) is 0.896. The first-order chi connectivity index (χ1) is 11.3. The zero-order valence-corrected chi connectivity index (χ0v) is 12.9. The van der Waals surface area contributed by atoms with Gasteiger partial charge in [-0.15, -0.1) is 0 Å². The van der Waals surface area contributed by atoms with Crippen LogP contribution in [-0.4, -0.2) is 41.2 Å². The number of hydrogen-bond donors (Lipinski definition) is 1. The normalized spacial score (nSPS) is 27.2. The predicted octanol–water partition coefficient (Wildman–Crippen LogP) is 1.19. The molecule has 1 unspecified atom stereocenters. The topological polar surface area (TPSA) is 97.1 Å². The number of carbonyl (C=O) groups excluding carboxylic acids is 1. The summed E-state index contributed by atoms with van der Waals surface area (Å²) in [6.07, 6.45) is 7.21. The minimum atomic E-state index is 0.00162. The molecular formula is C16H20N4O3. The number of hydrogen-bond acceptors (Lipinski definition) is 6. The van der Waals surface area contributed by atoms with Crippen LogP contribution in [0.1, 0.15) is 37.8 Å². The summed E-state index contributed by atoms with van der Waals surface area (Å²) in [7, 11) is 0. The molecule has 0 bridgehead atoms. The van der Waals surface area contributed by atoms with Crippen molar-refractivity contribution in [2.75, 3.05) is 13.2 Å². The number of nitrogens with one attached hydrogen (secondary N) is 1. The van der Waals surface area contributed by atoms with Crippen LogP contribution in [0.4, 0.5) is 0 Å². The zero-order chi connectivity index (χ0) is 16.1. The SMILES string of the molecule is N#Cc1nccnc1OC1CCC(NC(=O)C2CCOC2)CC1. The lowest BCUT2D eigenvalue weighted by Gasteiger charge is -2.29. The average Bonchev–Trinajstić information content (AvgIpc) is 3.12. The zero-order valence-electron chi connectivity index (χ0n) is 12.9. The summed E-state index contributed by atoms with van der Waals surface area (Å²) < 4.78 is 11.1. The summed E-state index contributed by atoms with van der Waals surface area (Å²) in [6, 6.07) is 2.18. The van der Waals surface area contributed by atoms with Crippen molar-refractivity contribution in [1.82, 2.24) is 15.3 Å². The van der Waals surface area contributed by atoms with Crippen molar-refractivity contribution < 1.29 is 14.3 Å². The third-order valence-corrected chi connectivity index (χ3v) is 4.37. The maximum Gasteiger partial charge on any atom is 0.251 e. The fourth-order valence-electron chi connectivity index (χ4n) is 3.03. The Morgan fingerprint density at radius 1 is 1.26 bits per heavy atom. The van der Waals surface area contributed by atoms with E-state index in [1.165, 1.54) is 12.4 Å². The summed E-state index contributed by atoms with van der Waals surface area (Å²) in [5, 5.41) is 12.1. The maximum atomic E-state index is 12.1. The van der Waals surface area contributed by atoms with Crippen LogP contribution >= 0.6 is 0 Å². The Morgan fingerprint density at radius 3 is 2.74 bits per heavy atom. The second kappa shape index (κ2) is 7.38. The van der Waals surface area contributed by atoms with Gasteiger partial charge in [0.15, 0.2) is 0 Å². The van der Waals surface area contributed by atoms with Gasteiger partial charge in [0.1, 0.15) is 12.2 Å². The first-order valence-corrected chi connectivity index (χ1v) is 8.02. The first-order valence-electron chi connectivity index (χ1n) is 8.02. The van der Waals surface area contributed by atoms with Crippen LogP contribution in [0.3, 0.4) is 0 Å². The summed E-state index contributed by atoms with van der Waals surface area (Å²) in [6.45, 7) is 1.21. The number of nitrogens with zero attached hydrogens (tertiary/aromatic N) is 3. The van der Waals surface area contributed by atoms with Crippen molar-refractivity contribution in [2.45, 2.75) is 44.2 Å². The van der Waals surface area contributed by atoms with Crippen LogP contribution in [0.5, 0.6) is 5.88 Å². The summed E-state index contributed by atoms with van der Waals surface area (Å²) in [5.41, 5.74) is 0.212. The number of rotatable bonds is 4. The van der Waals surface area contributed by atoms with E-state index >= 15 is 0 Å². The molecule has 1 saturated heterocycles. The van der Waals surface area contributed by atoms with Crippen molar-refractivity contribution in [3.8, 4) is 11.9 Å². The summed E-state index contributed by atoms with van der Waals surface area (Å²) in [5.74, 6) is 0.403. The fourth-order valence-corrected chi connectivity index (χ4v) is 3.03.